The van der Waals surface area contributed by atoms with Gasteiger partial charge in [0, 0.05) is 31.7 Å². The number of hydrogen-bond acceptors (Lipinski definition) is 3. The highest BCUT2D eigenvalue weighted by atomic mass is 16.1. The number of rotatable bonds is 1. The molecule has 2 aliphatic rings. The number of aryl methyl sites for hydroxylation is 2. The van der Waals surface area contributed by atoms with E-state index in [1.54, 1.807) is 0 Å². The van der Waals surface area contributed by atoms with Crippen LogP contribution in [0.15, 0.2) is 12.1 Å². The third kappa shape index (κ3) is 2.33. The lowest BCUT2D eigenvalue weighted by atomic mass is 9.83. The van der Waals surface area contributed by atoms with E-state index in [2.05, 4.69) is 36.2 Å². The van der Waals surface area contributed by atoms with Crippen LogP contribution in [0.3, 0.4) is 0 Å². The first kappa shape index (κ1) is 12.8. The second-order valence-electron chi connectivity index (χ2n) is 5.81. The molecule has 0 amide bonds. The minimum absolute atomic E-state index is 0.107. The van der Waals surface area contributed by atoms with Crippen molar-refractivity contribution in [3.8, 4) is 0 Å². The van der Waals surface area contributed by atoms with Gasteiger partial charge in [0.1, 0.15) is 0 Å². The van der Waals surface area contributed by atoms with Crippen molar-refractivity contribution in [2.75, 3.05) is 26.2 Å². The number of ketones is 1. The maximum atomic E-state index is 12.8. The highest BCUT2D eigenvalue weighted by Gasteiger charge is 2.33. The van der Waals surface area contributed by atoms with Crippen molar-refractivity contribution in [3.05, 3.63) is 34.4 Å². The molecule has 1 atom stereocenters. The van der Waals surface area contributed by atoms with Gasteiger partial charge in [-0.2, -0.15) is 0 Å². The predicted octanol–water partition coefficient (Wildman–Crippen LogP) is 1.71. The topological polar surface area (TPSA) is 32.3 Å². The van der Waals surface area contributed by atoms with Gasteiger partial charge in [-0.15, -0.1) is 0 Å². The molecular formula is C16H22N2O. The first-order valence-corrected chi connectivity index (χ1v) is 7.26. The minimum atomic E-state index is 0.107. The van der Waals surface area contributed by atoms with Gasteiger partial charge in [0.2, 0.25) is 0 Å². The average Bonchev–Trinajstić information content (AvgIpc) is 2.41. The van der Waals surface area contributed by atoms with E-state index in [4.69, 9.17) is 0 Å². The predicted molar refractivity (Wildman–Crippen MR) is 76.8 cm³/mol. The van der Waals surface area contributed by atoms with Crippen LogP contribution in [0.5, 0.6) is 0 Å². The Hall–Kier alpha value is -1.19. The van der Waals surface area contributed by atoms with Gasteiger partial charge in [-0.05, 0) is 43.9 Å². The summed E-state index contributed by atoms with van der Waals surface area (Å²) in [6, 6.07) is 4.38. The van der Waals surface area contributed by atoms with Crippen molar-refractivity contribution in [2.45, 2.75) is 32.7 Å². The van der Waals surface area contributed by atoms with Gasteiger partial charge in [-0.25, -0.2) is 0 Å². The summed E-state index contributed by atoms with van der Waals surface area (Å²) in [5.41, 5.74) is 4.74. The normalized spacial score (nSPS) is 24.3. The van der Waals surface area contributed by atoms with Crippen LogP contribution in [0.1, 0.15) is 33.5 Å². The zero-order valence-electron chi connectivity index (χ0n) is 11.8. The summed E-state index contributed by atoms with van der Waals surface area (Å²) in [4.78, 5) is 15.1. The molecule has 0 bridgehead atoms. The molecule has 1 aromatic carbocycles. The fourth-order valence-electron chi connectivity index (χ4n) is 3.48. The standard InChI is InChI=1S/C16H22N2O/c1-11-9-12(2)13-3-4-15(16(19)14(13)10-11)18-7-5-17-6-8-18/h9-10,15,17H,3-8H2,1-2H3. The van der Waals surface area contributed by atoms with E-state index in [9.17, 15) is 4.79 Å². The van der Waals surface area contributed by atoms with Crippen molar-refractivity contribution in [1.29, 1.82) is 0 Å². The van der Waals surface area contributed by atoms with Gasteiger partial charge < -0.3 is 5.32 Å². The molecule has 1 aromatic rings. The summed E-state index contributed by atoms with van der Waals surface area (Å²) in [5.74, 6) is 0.343. The number of fused-ring (bicyclic) bond motifs is 1. The summed E-state index contributed by atoms with van der Waals surface area (Å²) < 4.78 is 0. The molecule has 0 radical (unpaired) electrons. The van der Waals surface area contributed by atoms with Gasteiger partial charge >= 0.3 is 0 Å². The Morgan fingerprint density at radius 1 is 1.21 bits per heavy atom. The van der Waals surface area contributed by atoms with E-state index >= 15 is 0 Å². The maximum Gasteiger partial charge on any atom is 0.180 e. The Morgan fingerprint density at radius 2 is 1.95 bits per heavy atom. The van der Waals surface area contributed by atoms with Crippen LogP contribution in [0.2, 0.25) is 0 Å². The lowest BCUT2D eigenvalue weighted by Gasteiger charge is -2.37. The van der Waals surface area contributed by atoms with Crippen LogP contribution in [0.25, 0.3) is 0 Å². The molecule has 0 aromatic heterocycles. The van der Waals surface area contributed by atoms with Crippen molar-refractivity contribution < 1.29 is 4.79 Å². The average molecular weight is 258 g/mol. The van der Waals surface area contributed by atoms with Crippen molar-refractivity contribution in [1.82, 2.24) is 10.2 Å². The summed E-state index contributed by atoms with van der Waals surface area (Å²) >= 11 is 0. The third-order valence-electron chi connectivity index (χ3n) is 4.45. The molecule has 3 heteroatoms. The van der Waals surface area contributed by atoms with Gasteiger partial charge in [-0.3, -0.25) is 9.69 Å². The van der Waals surface area contributed by atoms with E-state index in [-0.39, 0.29) is 6.04 Å². The molecule has 102 valence electrons. The van der Waals surface area contributed by atoms with Crippen LogP contribution in [-0.2, 0) is 6.42 Å². The molecule has 1 aliphatic carbocycles. The third-order valence-corrected chi connectivity index (χ3v) is 4.45. The largest absolute Gasteiger partial charge is 0.314 e. The fourth-order valence-corrected chi connectivity index (χ4v) is 3.48. The number of carbonyl (C=O) groups excluding carboxylic acids is 1. The summed E-state index contributed by atoms with van der Waals surface area (Å²) in [5, 5.41) is 3.35. The lowest BCUT2D eigenvalue weighted by molar-refractivity contribution is 0.0766. The Bertz CT molecular complexity index is 504. The SMILES string of the molecule is Cc1cc(C)c2c(c1)C(=O)C(N1CCNCC1)CC2. The molecule has 0 saturated carbocycles. The van der Waals surface area contributed by atoms with Crippen LogP contribution in [0.4, 0.5) is 0 Å². The molecule has 1 fully saturated rings. The zero-order valence-corrected chi connectivity index (χ0v) is 11.8. The summed E-state index contributed by atoms with van der Waals surface area (Å²) in [7, 11) is 0. The van der Waals surface area contributed by atoms with Gasteiger partial charge in [-0.1, -0.05) is 11.6 Å². The minimum Gasteiger partial charge on any atom is -0.314 e. The summed E-state index contributed by atoms with van der Waals surface area (Å²) in [6.07, 6.45) is 2.03. The monoisotopic (exact) mass is 258 g/mol. The first-order valence-electron chi connectivity index (χ1n) is 7.26. The molecule has 19 heavy (non-hydrogen) atoms. The van der Waals surface area contributed by atoms with Crippen LogP contribution in [0, 0.1) is 13.8 Å². The number of piperazine rings is 1. The first-order chi connectivity index (χ1) is 9.16. The summed E-state index contributed by atoms with van der Waals surface area (Å²) in [6.45, 7) is 8.21. The van der Waals surface area contributed by atoms with Gasteiger partial charge in [0.05, 0.1) is 6.04 Å². The van der Waals surface area contributed by atoms with Gasteiger partial charge in [0.25, 0.3) is 0 Å². The number of hydrogen-bond donors (Lipinski definition) is 1. The molecule has 1 N–H and O–H groups in total. The molecular weight excluding hydrogens is 236 g/mol. The number of carbonyl (C=O) groups is 1. The second kappa shape index (κ2) is 5.06. The zero-order chi connectivity index (χ0) is 13.4. The highest BCUT2D eigenvalue weighted by Crippen LogP contribution is 2.28. The molecule has 1 unspecified atom stereocenters. The lowest BCUT2D eigenvalue weighted by Crippen LogP contribution is -2.52. The Kier molecular flexibility index (Phi) is 3.42. The molecule has 3 rings (SSSR count). The Morgan fingerprint density at radius 3 is 2.68 bits per heavy atom. The van der Waals surface area contributed by atoms with Crippen LogP contribution < -0.4 is 5.32 Å². The highest BCUT2D eigenvalue weighted by molar-refractivity contribution is 6.02. The number of nitrogens with zero attached hydrogens (tertiary/aromatic N) is 1. The van der Waals surface area contributed by atoms with E-state index in [1.807, 2.05) is 0 Å². The van der Waals surface area contributed by atoms with Crippen LogP contribution >= 0.6 is 0 Å². The van der Waals surface area contributed by atoms with Crippen molar-refractivity contribution in [2.24, 2.45) is 0 Å². The fraction of sp³-hybridized carbons (Fsp3) is 0.562. The second-order valence-corrected chi connectivity index (χ2v) is 5.81. The number of benzene rings is 1. The maximum absolute atomic E-state index is 12.8. The molecule has 0 spiro atoms. The van der Waals surface area contributed by atoms with Crippen molar-refractivity contribution in [3.63, 3.8) is 0 Å². The van der Waals surface area contributed by atoms with E-state index in [1.165, 1.54) is 16.7 Å². The van der Waals surface area contributed by atoms with Crippen molar-refractivity contribution >= 4 is 5.78 Å². The van der Waals surface area contributed by atoms with E-state index < -0.39 is 0 Å². The molecule has 1 aliphatic heterocycles. The number of Topliss-reactive ketones (excluding diaryl/α,β-unsaturated/α-hetero) is 1. The molecule has 1 heterocycles. The van der Waals surface area contributed by atoms with E-state index in [0.717, 1.165) is 44.6 Å². The van der Waals surface area contributed by atoms with Gasteiger partial charge in [0.15, 0.2) is 5.78 Å². The molecule has 1 saturated heterocycles. The Labute approximate surface area is 115 Å². The quantitative estimate of drug-likeness (QED) is 0.832. The van der Waals surface area contributed by atoms with Crippen LogP contribution in [-0.4, -0.2) is 42.9 Å². The van der Waals surface area contributed by atoms with E-state index in [0.29, 0.717) is 5.78 Å². The smallest absolute Gasteiger partial charge is 0.180 e. The Balaban J connectivity index is 1.91. The number of nitrogens with one attached hydrogen (secondary N) is 1. The molecule has 3 nitrogen and oxygen atoms in total.